The number of anilines is 1. The summed E-state index contributed by atoms with van der Waals surface area (Å²) in [7, 11) is 1.63. The number of nitrogens with two attached hydrogens (primary N) is 1. The Labute approximate surface area is 71.8 Å². The lowest BCUT2D eigenvalue weighted by molar-refractivity contribution is 0.411. The number of hydrogen-bond donors (Lipinski definition) is 2. The van der Waals surface area contributed by atoms with Gasteiger partial charge in [0, 0.05) is 23.1 Å². The number of nitrogen functional groups attached to an aromatic ring is 1. The molecule has 0 spiro atoms. The van der Waals surface area contributed by atoms with Gasteiger partial charge in [0.2, 0.25) is 0 Å². The average Bonchev–Trinajstić information content (AvgIpc) is 2.04. The summed E-state index contributed by atoms with van der Waals surface area (Å²) in [5.41, 5.74) is 7.33. The van der Waals surface area contributed by atoms with Crippen LogP contribution in [0.1, 0.15) is 5.56 Å². The Morgan fingerprint density at radius 1 is 1.55 bits per heavy atom. The fourth-order valence-electron chi connectivity index (χ4n) is 0.892. The lowest BCUT2D eigenvalue weighted by atomic mass is 10.2. The van der Waals surface area contributed by atoms with E-state index in [0.717, 1.165) is 11.3 Å². The Hall–Kier alpha value is -0.830. The van der Waals surface area contributed by atoms with Crippen LogP contribution in [0.4, 0.5) is 5.69 Å². The molecule has 2 nitrogen and oxygen atoms in total. The van der Waals surface area contributed by atoms with Gasteiger partial charge in [0.1, 0.15) is 5.75 Å². The van der Waals surface area contributed by atoms with Crippen molar-refractivity contribution in [1.29, 1.82) is 0 Å². The molecule has 2 N–H and O–H groups in total. The summed E-state index contributed by atoms with van der Waals surface area (Å²) in [6.45, 7) is 0. The van der Waals surface area contributed by atoms with E-state index >= 15 is 0 Å². The molecular weight excluding hydrogens is 158 g/mol. The number of benzene rings is 1. The van der Waals surface area contributed by atoms with Crippen LogP contribution < -0.4 is 10.5 Å². The molecule has 11 heavy (non-hydrogen) atoms. The Kier molecular flexibility index (Phi) is 2.65. The van der Waals surface area contributed by atoms with Crippen LogP contribution in [-0.2, 0) is 5.75 Å². The highest BCUT2D eigenvalue weighted by atomic mass is 32.1. The van der Waals surface area contributed by atoms with E-state index in [1.807, 2.05) is 12.1 Å². The summed E-state index contributed by atoms with van der Waals surface area (Å²) in [6.07, 6.45) is 0. The first-order valence-electron chi connectivity index (χ1n) is 3.31. The van der Waals surface area contributed by atoms with Crippen molar-refractivity contribution in [2.75, 3.05) is 12.8 Å². The minimum Gasteiger partial charge on any atom is -0.496 e. The molecule has 0 amide bonds. The van der Waals surface area contributed by atoms with Gasteiger partial charge in [0.05, 0.1) is 7.11 Å². The number of ether oxygens (including phenoxy) is 1. The highest BCUT2D eigenvalue weighted by Crippen LogP contribution is 2.22. The van der Waals surface area contributed by atoms with Crippen LogP contribution in [0.2, 0.25) is 0 Å². The van der Waals surface area contributed by atoms with Crippen LogP contribution in [-0.4, -0.2) is 7.11 Å². The van der Waals surface area contributed by atoms with Gasteiger partial charge in [0.25, 0.3) is 0 Å². The molecule has 1 aromatic rings. The Morgan fingerprint density at radius 2 is 2.27 bits per heavy atom. The lowest BCUT2D eigenvalue weighted by Gasteiger charge is -2.05. The van der Waals surface area contributed by atoms with Gasteiger partial charge < -0.3 is 10.5 Å². The van der Waals surface area contributed by atoms with E-state index in [9.17, 15) is 0 Å². The van der Waals surface area contributed by atoms with Gasteiger partial charge >= 0.3 is 0 Å². The molecule has 0 aliphatic rings. The standard InChI is InChI=1S/C8H11NOS/c1-10-8-4-7(9)3-2-6(8)5-11/h2-4,11H,5,9H2,1H3. The van der Waals surface area contributed by atoms with Crippen LogP contribution in [0.5, 0.6) is 5.75 Å². The van der Waals surface area contributed by atoms with Crippen molar-refractivity contribution >= 4 is 18.3 Å². The van der Waals surface area contributed by atoms with Crippen LogP contribution in [0, 0.1) is 0 Å². The second kappa shape index (κ2) is 3.53. The maximum Gasteiger partial charge on any atom is 0.124 e. The first kappa shape index (κ1) is 8.27. The van der Waals surface area contributed by atoms with Crippen LogP contribution in [0.3, 0.4) is 0 Å². The molecule has 0 aromatic heterocycles. The first-order chi connectivity index (χ1) is 5.27. The minimum atomic E-state index is 0.670. The van der Waals surface area contributed by atoms with E-state index in [1.165, 1.54) is 0 Å². The van der Waals surface area contributed by atoms with Crippen molar-refractivity contribution in [2.24, 2.45) is 0 Å². The van der Waals surface area contributed by atoms with E-state index in [-0.39, 0.29) is 0 Å². The van der Waals surface area contributed by atoms with E-state index in [0.29, 0.717) is 11.4 Å². The largest absolute Gasteiger partial charge is 0.496 e. The minimum absolute atomic E-state index is 0.670. The monoisotopic (exact) mass is 169 g/mol. The van der Waals surface area contributed by atoms with E-state index < -0.39 is 0 Å². The summed E-state index contributed by atoms with van der Waals surface area (Å²) >= 11 is 4.15. The zero-order chi connectivity index (χ0) is 8.27. The quantitative estimate of drug-likeness (QED) is 0.522. The van der Waals surface area contributed by atoms with Crippen LogP contribution >= 0.6 is 12.6 Å². The molecule has 1 aromatic carbocycles. The molecule has 3 heteroatoms. The summed E-state index contributed by atoms with van der Waals surface area (Å²) in [6, 6.07) is 5.56. The molecule has 0 atom stereocenters. The van der Waals surface area contributed by atoms with Crippen LogP contribution in [0.25, 0.3) is 0 Å². The van der Waals surface area contributed by atoms with Gasteiger partial charge in [-0.2, -0.15) is 12.6 Å². The highest BCUT2D eigenvalue weighted by molar-refractivity contribution is 7.79. The third kappa shape index (κ3) is 1.80. The van der Waals surface area contributed by atoms with Gasteiger partial charge in [-0.1, -0.05) is 6.07 Å². The maximum absolute atomic E-state index is 5.55. The maximum atomic E-state index is 5.55. The normalized spacial score (nSPS) is 9.64. The van der Waals surface area contributed by atoms with Gasteiger partial charge in [-0.3, -0.25) is 0 Å². The van der Waals surface area contributed by atoms with E-state index in [4.69, 9.17) is 10.5 Å². The lowest BCUT2D eigenvalue weighted by Crippen LogP contribution is -1.92. The predicted molar refractivity (Wildman–Crippen MR) is 50.1 cm³/mol. The van der Waals surface area contributed by atoms with E-state index in [2.05, 4.69) is 12.6 Å². The van der Waals surface area contributed by atoms with Crippen molar-refractivity contribution in [2.45, 2.75) is 5.75 Å². The summed E-state index contributed by atoms with van der Waals surface area (Å²) < 4.78 is 5.09. The van der Waals surface area contributed by atoms with Crippen molar-refractivity contribution in [3.63, 3.8) is 0 Å². The molecule has 0 aliphatic carbocycles. The van der Waals surface area contributed by atoms with Gasteiger partial charge in [-0.15, -0.1) is 0 Å². The number of thiol groups is 1. The predicted octanol–water partition coefficient (Wildman–Crippen LogP) is 1.71. The zero-order valence-electron chi connectivity index (χ0n) is 6.37. The SMILES string of the molecule is COc1cc(N)ccc1CS. The topological polar surface area (TPSA) is 35.2 Å². The number of hydrogen-bond acceptors (Lipinski definition) is 3. The smallest absolute Gasteiger partial charge is 0.124 e. The number of rotatable bonds is 2. The first-order valence-corrected chi connectivity index (χ1v) is 3.94. The molecule has 0 aliphatic heterocycles. The fourth-order valence-corrected chi connectivity index (χ4v) is 1.15. The zero-order valence-corrected chi connectivity index (χ0v) is 7.27. The second-order valence-electron chi connectivity index (χ2n) is 2.23. The van der Waals surface area contributed by atoms with Gasteiger partial charge in [0.15, 0.2) is 0 Å². The molecule has 0 radical (unpaired) electrons. The Bertz CT molecular complexity index is 250. The highest BCUT2D eigenvalue weighted by Gasteiger charge is 1.99. The fraction of sp³-hybridized carbons (Fsp3) is 0.250. The van der Waals surface area contributed by atoms with Crippen molar-refractivity contribution in [3.05, 3.63) is 23.8 Å². The Morgan fingerprint density at radius 3 is 2.82 bits per heavy atom. The molecule has 0 bridgehead atoms. The van der Waals surface area contributed by atoms with Crippen molar-refractivity contribution in [1.82, 2.24) is 0 Å². The summed E-state index contributed by atoms with van der Waals surface area (Å²) in [4.78, 5) is 0. The number of methoxy groups -OCH3 is 1. The molecule has 0 saturated heterocycles. The van der Waals surface area contributed by atoms with Crippen LogP contribution in [0.15, 0.2) is 18.2 Å². The Balaban J connectivity index is 3.06. The summed E-state index contributed by atoms with van der Waals surface area (Å²) in [5.74, 6) is 1.48. The average molecular weight is 169 g/mol. The van der Waals surface area contributed by atoms with E-state index in [1.54, 1.807) is 13.2 Å². The van der Waals surface area contributed by atoms with Gasteiger partial charge in [-0.05, 0) is 6.07 Å². The molecule has 0 unspecified atom stereocenters. The van der Waals surface area contributed by atoms with Crippen molar-refractivity contribution in [3.8, 4) is 5.75 Å². The van der Waals surface area contributed by atoms with Crippen molar-refractivity contribution < 1.29 is 4.74 Å². The van der Waals surface area contributed by atoms with Gasteiger partial charge in [-0.25, -0.2) is 0 Å². The molecule has 1 rings (SSSR count). The molecule has 0 saturated carbocycles. The molecule has 0 heterocycles. The molecule has 60 valence electrons. The second-order valence-corrected chi connectivity index (χ2v) is 2.55. The molecule has 0 fully saturated rings. The molecular formula is C8H11NOS. The summed E-state index contributed by atoms with van der Waals surface area (Å²) in [5, 5.41) is 0. The third-order valence-electron chi connectivity index (χ3n) is 1.48. The third-order valence-corrected chi connectivity index (χ3v) is 1.82.